The smallest absolute Gasteiger partial charge is 0.239 e. The minimum Gasteiger partial charge on any atom is -0.314 e. The summed E-state index contributed by atoms with van der Waals surface area (Å²) in [5, 5.41) is 12.6. The SMILES string of the molecule is C[C@@H]1CNCCN1CC(=O)Nc1ccnn1Cc1cccs1. The Morgan fingerprint density at radius 3 is 3.23 bits per heavy atom. The number of hydrogen-bond donors (Lipinski definition) is 2. The number of carbonyl (C=O) groups is 1. The maximum absolute atomic E-state index is 12.3. The first-order chi connectivity index (χ1) is 10.7. The van der Waals surface area contributed by atoms with E-state index in [9.17, 15) is 4.79 Å². The molecule has 1 fully saturated rings. The highest BCUT2D eigenvalue weighted by atomic mass is 32.1. The van der Waals surface area contributed by atoms with Crippen LogP contribution in [-0.2, 0) is 11.3 Å². The van der Waals surface area contributed by atoms with E-state index in [1.165, 1.54) is 4.88 Å². The molecular formula is C15H21N5OS. The lowest BCUT2D eigenvalue weighted by Gasteiger charge is -2.33. The van der Waals surface area contributed by atoms with Gasteiger partial charge in [0.2, 0.25) is 5.91 Å². The van der Waals surface area contributed by atoms with Crippen molar-refractivity contribution in [3.63, 3.8) is 0 Å². The van der Waals surface area contributed by atoms with Crippen molar-refractivity contribution >= 4 is 23.1 Å². The Kier molecular flexibility index (Phi) is 4.87. The van der Waals surface area contributed by atoms with Crippen molar-refractivity contribution in [1.82, 2.24) is 20.0 Å². The van der Waals surface area contributed by atoms with Gasteiger partial charge < -0.3 is 10.6 Å². The van der Waals surface area contributed by atoms with E-state index in [1.807, 2.05) is 22.2 Å². The van der Waals surface area contributed by atoms with Crippen LogP contribution in [0.25, 0.3) is 0 Å². The third-order valence-corrected chi connectivity index (χ3v) is 4.72. The molecule has 3 rings (SSSR count). The van der Waals surface area contributed by atoms with Crippen LogP contribution < -0.4 is 10.6 Å². The lowest BCUT2D eigenvalue weighted by molar-refractivity contribution is -0.118. The van der Waals surface area contributed by atoms with Crippen molar-refractivity contribution in [2.45, 2.75) is 19.5 Å². The molecule has 2 N–H and O–H groups in total. The molecule has 118 valence electrons. The summed E-state index contributed by atoms with van der Waals surface area (Å²) in [5.74, 6) is 0.767. The highest BCUT2D eigenvalue weighted by Crippen LogP contribution is 2.14. The number of hydrogen-bond acceptors (Lipinski definition) is 5. The zero-order valence-electron chi connectivity index (χ0n) is 12.7. The molecule has 0 saturated carbocycles. The molecule has 0 unspecified atom stereocenters. The Hall–Kier alpha value is -1.70. The number of anilines is 1. The highest BCUT2D eigenvalue weighted by Gasteiger charge is 2.20. The van der Waals surface area contributed by atoms with E-state index < -0.39 is 0 Å². The molecule has 0 bridgehead atoms. The molecule has 3 heterocycles. The summed E-state index contributed by atoms with van der Waals surface area (Å²) in [7, 11) is 0. The Bertz CT molecular complexity index is 609. The lowest BCUT2D eigenvalue weighted by atomic mass is 10.2. The van der Waals surface area contributed by atoms with Crippen LogP contribution >= 0.6 is 11.3 Å². The fourth-order valence-corrected chi connectivity index (χ4v) is 3.29. The highest BCUT2D eigenvalue weighted by molar-refractivity contribution is 7.09. The molecule has 6 nitrogen and oxygen atoms in total. The largest absolute Gasteiger partial charge is 0.314 e. The normalized spacial score (nSPS) is 19.2. The summed E-state index contributed by atoms with van der Waals surface area (Å²) in [5.41, 5.74) is 0. The summed E-state index contributed by atoms with van der Waals surface area (Å²) in [4.78, 5) is 15.7. The Labute approximate surface area is 134 Å². The molecule has 1 amide bonds. The number of nitrogens with one attached hydrogen (secondary N) is 2. The summed E-state index contributed by atoms with van der Waals surface area (Å²) in [6, 6.07) is 6.32. The Balaban J connectivity index is 1.58. The van der Waals surface area contributed by atoms with Crippen LogP contribution in [-0.4, -0.2) is 52.8 Å². The number of rotatable bonds is 5. The summed E-state index contributed by atoms with van der Waals surface area (Å²) >= 11 is 1.69. The number of thiophene rings is 1. The van der Waals surface area contributed by atoms with Crippen molar-refractivity contribution < 1.29 is 4.79 Å². The average molecular weight is 319 g/mol. The third kappa shape index (κ3) is 3.73. The van der Waals surface area contributed by atoms with E-state index in [2.05, 4.69) is 33.6 Å². The van der Waals surface area contributed by atoms with Crippen molar-refractivity contribution in [3.05, 3.63) is 34.7 Å². The van der Waals surface area contributed by atoms with Gasteiger partial charge in [0.15, 0.2) is 0 Å². The number of nitrogens with zero attached hydrogens (tertiary/aromatic N) is 3. The first kappa shape index (κ1) is 15.2. The van der Waals surface area contributed by atoms with Crippen molar-refractivity contribution in [1.29, 1.82) is 0 Å². The fraction of sp³-hybridized carbons (Fsp3) is 0.467. The van der Waals surface area contributed by atoms with E-state index in [0.29, 0.717) is 19.1 Å². The molecule has 2 aromatic heterocycles. The summed E-state index contributed by atoms with van der Waals surface area (Å²) in [6.45, 7) is 6.03. The van der Waals surface area contributed by atoms with Gasteiger partial charge in [0.25, 0.3) is 0 Å². The van der Waals surface area contributed by atoms with Gasteiger partial charge in [-0.15, -0.1) is 11.3 Å². The number of piperazine rings is 1. The van der Waals surface area contributed by atoms with E-state index in [0.717, 1.165) is 25.5 Å². The Morgan fingerprint density at radius 2 is 2.45 bits per heavy atom. The van der Waals surface area contributed by atoms with Crippen LogP contribution in [0.5, 0.6) is 0 Å². The minimum atomic E-state index is 0.0154. The zero-order chi connectivity index (χ0) is 15.4. The molecule has 1 atom stereocenters. The molecule has 0 radical (unpaired) electrons. The van der Waals surface area contributed by atoms with Gasteiger partial charge in [-0.2, -0.15) is 5.10 Å². The molecule has 22 heavy (non-hydrogen) atoms. The number of aromatic nitrogens is 2. The van der Waals surface area contributed by atoms with E-state index in [-0.39, 0.29) is 5.91 Å². The second-order valence-corrected chi connectivity index (χ2v) is 6.56. The molecule has 0 aliphatic carbocycles. The van der Waals surface area contributed by atoms with Crippen LogP contribution in [0, 0.1) is 0 Å². The molecule has 1 saturated heterocycles. The second kappa shape index (κ2) is 7.04. The molecule has 2 aromatic rings. The van der Waals surface area contributed by atoms with Gasteiger partial charge in [0.05, 0.1) is 19.3 Å². The average Bonchev–Trinajstić information content (AvgIpc) is 3.15. The minimum absolute atomic E-state index is 0.0154. The van der Waals surface area contributed by atoms with Crippen molar-refractivity contribution in [2.24, 2.45) is 0 Å². The molecule has 0 spiro atoms. The van der Waals surface area contributed by atoms with Crippen molar-refractivity contribution in [3.8, 4) is 0 Å². The first-order valence-electron chi connectivity index (χ1n) is 7.51. The van der Waals surface area contributed by atoms with Crippen LogP contribution in [0.4, 0.5) is 5.82 Å². The van der Waals surface area contributed by atoms with Crippen LogP contribution in [0.2, 0.25) is 0 Å². The van der Waals surface area contributed by atoms with E-state index in [1.54, 1.807) is 17.5 Å². The third-order valence-electron chi connectivity index (χ3n) is 3.86. The van der Waals surface area contributed by atoms with Gasteiger partial charge in [0.1, 0.15) is 5.82 Å². The molecule has 0 aromatic carbocycles. The Morgan fingerprint density at radius 1 is 1.55 bits per heavy atom. The molecule has 7 heteroatoms. The van der Waals surface area contributed by atoms with Crippen LogP contribution in [0.3, 0.4) is 0 Å². The van der Waals surface area contributed by atoms with Gasteiger partial charge in [-0.1, -0.05) is 6.07 Å². The quantitative estimate of drug-likeness (QED) is 0.870. The zero-order valence-corrected chi connectivity index (χ0v) is 13.5. The number of carbonyl (C=O) groups excluding carboxylic acids is 1. The van der Waals surface area contributed by atoms with Gasteiger partial charge in [-0.05, 0) is 18.4 Å². The standard InChI is InChI=1S/C15H21N5OS/c1-12-9-16-6-7-19(12)11-15(21)18-14-4-5-17-20(14)10-13-3-2-8-22-13/h2-5,8,12,16H,6-7,9-11H2,1H3,(H,18,21)/t12-/m1/s1. The monoisotopic (exact) mass is 319 g/mol. The summed E-state index contributed by atoms with van der Waals surface area (Å²) < 4.78 is 1.82. The van der Waals surface area contributed by atoms with Crippen LogP contribution in [0.1, 0.15) is 11.8 Å². The first-order valence-corrected chi connectivity index (χ1v) is 8.39. The second-order valence-electron chi connectivity index (χ2n) is 5.53. The topological polar surface area (TPSA) is 62.2 Å². The predicted molar refractivity (Wildman–Crippen MR) is 88.2 cm³/mol. The molecule has 1 aliphatic rings. The number of amides is 1. The maximum atomic E-state index is 12.3. The molecular weight excluding hydrogens is 298 g/mol. The summed E-state index contributed by atoms with van der Waals surface area (Å²) in [6.07, 6.45) is 1.72. The van der Waals surface area contributed by atoms with Gasteiger partial charge in [-0.3, -0.25) is 9.69 Å². The van der Waals surface area contributed by atoms with Crippen molar-refractivity contribution in [2.75, 3.05) is 31.5 Å². The maximum Gasteiger partial charge on any atom is 0.239 e. The lowest BCUT2D eigenvalue weighted by Crippen LogP contribution is -2.52. The van der Waals surface area contributed by atoms with Gasteiger partial charge in [0, 0.05) is 36.6 Å². The van der Waals surface area contributed by atoms with Gasteiger partial charge >= 0.3 is 0 Å². The van der Waals surface area contributed by atoms with E-state index in [4.69, 9.17) is 0 Å². The van der Waals surface area contributed by atoms with E-state index >= 15 is 0 Å². The molecule has 1 aliphatic heterocycles. The predicted octanol–water partition coefficient (Wildman–Crippen LogP) is 1.23. The fourth-order valence-electron chi connectivity index (χ4n) is 2.60. The van der Waals surface area contributed by atoms with Crippen LogP contribution in [0.15, 0.2) is 29.8 Å². The van der Waals surface area contributed by atoms with Gasteiger partial charge in [-0.25, -0.2) is 4.68 Å².